The van der Waals surface area contributed by atoms with Gasteiger partial charge in [0.1, 0.15) is 6.04 Å². The summed E-state index contributed by atoms with van der Waals surface area (Å²) in [7, 11) is 0. The van der Waals surface area contributed by atoms with Gasteiger partial charge >= 0.3 is 5.97 Å². The standard InChI is InChI=1S/C19H29NO6/c1-6-24-15-10-13(11-16(25-7-2)17(15)26-8-3)18(21)20-14(19(22)23)9-12(4)5/h10-12,14H,6-9H2,1-5H3,(H,20,21)(H,22,23). The van der Waals surface area contributed by atoms with Gasteiger partial charge in [0.25, 0.3) is 5.91 Å². The maximum Gasteiger partial charge on any atom is 0.326 e. The second-order valence-corrected chi connectivity index (χ2v) is 6.09. The molecular formula is C19H29NO6. The molecule has 7 heteroatoms. The fraction of sp³-hybridized carbons (Fsp3) is 0.579. The van der Waals surface area contributed by atoms with Crippen molar-refractivity contribution >= 4 is 11.9 Å². The van der Waals surface area contributed by atoms with Crippen molar-refractivity contribution in [3.63, 3.8) is 0 Å². The Bertz CT molecular complexity index is 587. The first kappa shape index (κ1) is 21.6. The van der Waals surface area contributed by atoms with Gasteiger partial charge in [-0.15, -0.1) is 0 Å². The number of aliphatic carboxylic acids is 1. The normalized spacial score (nSPS) is 11.8. The number of carbonyl (C=O) groups excluding carboxylic acids is 1. The van der Waals surface area contributed by atoms with E-state index in [4.69, 9.17) is 14.2 Å². The quantitative estimate of drug-likeness (QED) is 0.624. The lowest BCUT2D eigenvalue weighted by molar-refractivity contribution is -0.139. The summed E-state index contributed by atoms with van der Waals surface area (Å²) >= 11 is 0. The van der Waals surface area contributed by atoms with Gasteiger partial charge < -0.3 is 24.6 Å². The minimum absolute atomic E-state index is 0.134. The van der Waals surface area contributed by atoms with E-state index in [1.807, 2.05) is 34.6 Å². The van der Waals surface area contributed by atoms with Crippen LogP contribution in [0, 0.1) is 5.92 Å². The van der Waals surface area contributed by atoms with Crippen molar-refractivity contribution < 1.29 is 28.9 Å². The summed E-state index contributed by atoms with van der Waals surface area (Å²) in [5.74, 6) is -0.210. The van der Waals surface area contributed by atoms with Gasteiger partial charge in [-0.05, 0) is 45.2 Å². The van der Waals surface area contributed by atoms with E-state index in [9.17, 15) is 14.7 Å². The summed E-state index contributed by atoms with van der Waals surface area (Å²) in [6.07, 6.45) is 0.342. The van der Waals surface area contributed by atoms with Gasteiger partial charge in [-0.3, -0.25) is 4.79 Å². The molecule has 26 heavy (non-hydrogen) atoms. The van der Waals surface area contributed by atoms with Crippen molar-refractivity contribution in [3.05, 3.63) is 17.7 Å². The summed E-state index contributed by atoms with van der Waals surface area (Å²) in [5, 5.41) is 11.9. The maximum absolute atomic E-state index is 12.6. The number of nitrogens with one attached hydrogen (secondary N) is 1. The number of hydrogen-bond donors (Lipinski definition) is 2. The molecule has 0 saturated heterocycles. The van der Waals surface area contributed by atoms with E-state index in [0.29, 0.717) is 43.5 Å². The molecule has 1 amide bonds. The molecule has 0 radical (unpaired) electrons. The molecule has 7 nitrogen and oxygen atoms in total. The van der Waals surface area contributed by atoms with Crippen molar-refractivity contribution in [1.29, 1.82) is 0 Å². The average Bonchev–Trinajstić information content (AvgIpc) is 2.56. The second-order valence-electron chi connectivity index (χ2n) is 6.09. The maximum atomic E-state index is 12.6. The van der Waals surface area contributed by atoms with Gasteiger partial charge in [-0.1, -0.05) is 13.8 Å². The Hall–Kier alpha value is -2.44. The topological polar surface area (TPSA) is 94.1 Å². The number of ether oxygens (including phenoxy) is 3. The van der Waals surface area contributed by atoms with E-state index in [-0.39, 0.29) is 11.5 Å². The number of carboxylic acids is 1. The average molecular weight is 367 g/mol. The van der Waals surface area contributed by atoms with E-state index in [0.717, 1.165) is 0 Å². The summed E-state index contributed by atoms with van der Waals surface area (Å²) in [5.41, 5.74) is 0.260. The first-order valence-corrected chi connectivity index (χ1v) is 8.93. The highest BCUT2D eigenvalue weighted by Crippen LogP contribution is 2.39. The minimum atomic E-state index is -1.06. The van der Waals surface area contributed by atoms with Crippen molar-refractivity contribution in [2.45, 2.75) is 47.1 Å². The molecule has 0 aliphatic heterocycles. The van der Waals surface area contributed by atoms with Crippen LogP contribution in [0.5, 0.6) is 17.2 Å². The highest BCUT2D eigenvalue weighted by atomic mass is 16.5. The first-order chi connectivity index (χ1) is 12.3. The van der Waals surface area contributed by atoms with Crippen LogP contribution in [0.25, 0.3) is 0 Å². The fourth-order valence-electron chi connectivity index (χ4n) is 2.45. The number of hydrogen-bond acceptors (Lipinski definition) is 5. The molecule has 0 aliphatic carbocycles. The van der Waals surface area contributed by atoms with E-state index in [1.54, 1.807) is 12.1 Å². The molecule has 0 bridgehead atoms. The lowest BCUT2D eigenvalue weighted by Gasteiger charge is -2.19. The second kappa shape index (κ2) is 10.5. The Labute approximate surface area is 154 Å². The largest absolute Gasteiger partial charge is 0.490 e. The molecule has 0 fully saturated rings. The van der Waals surface area contributed by atoms with Crippen molar-refractivity contribution in [1.82, 2.24) is 5.32 Å². The van der Waals surface area contributed by atoms with Gasteiger partial charge in [-0.2, -0.15) is 0 Å². The van der Waals surface area contributed by atoms with Gasteiger partial charge in [0, 0.05) is 5.56 Å². The molecule has 1 aromatic carbocycles. The van der Waals surface area contributed by atoms with Crippen LogP contribution >= 0.6 is 0 Å². The third-order valence-electron chi connectivity index (χ3n) is 3.48. The molecular weight excluding hydrogens is 338 g/mol. The Morgan fingerprint density at radius 2 is 1.50 bits per heavy atom. The van der Waals surface area contributed by atoms with Crippen LogP contribution in [0.2, 0.25) is 0 Å². The molecule has 0 aliphatic rings. The van der Waals surface area contributed by atoms with Gasteiger partial charge in [0.05, 0.1) is 19.8 Å². The fourth-order valence-corrected chi connectivity index (χ4v) is 2.45. The number of carboxylic acid groups (broad SMARTS) is 1. The summed E-state index contributed by atoms with van der Waals surface area (Å²) < 4.78 is 16.8. The smallest absolute Gasteiger partial charge is 0.326 e. The van der Waals surface area contributed by atoms with Crippen LogP contribution in [0.4, 0.5) is 0 Å². The van der Waals surface area contributed by atoms with Crippen LogP contribution in [-0.2, 0) is 4.79 Å². The molecule has 1 unspecified atom stereocenters. The molecule has 0 aromatic heterocycles. The summed E-state index contributed by atoms with van der Waals surface area (Å²) in [6.45, 7) is 10.5. The molecule has 1 atom stereocenters. The van der Waals surface area contributed by atoms with Gasteiger partial charge in [-0.25, -0.2) is 4.79 Å². The molecule has 0 heterocycles. The Balaban J connectivity index is 3.20. The first-order valence-electron chi connectivity index (χ1n) is 8.93. The molecule has 0 saturated carbocycles. The zero-order valence-corrected chi connectivity index (χ0v) is 16.1. The third-order valence-corrected chi connectivity index (χ3v) is 3.48. The Morgan fingerprint density at radius 1 is 1.00 bits per heavy atom. The summed E-state index contributed by atoms with van der Waals surface area (Å²) in [6, 6.07) is 2.13. The van der Waals surface area contributed by atoms with Crippen LogP contribution in [0.15, 0.2) is 12.1 Å². The molecule has 2 N–H and O–H groups in total. The van der Waals surface area contributed by atoms with E-state index < -0.39 is 17.9 Å². The SMILES string of the molecule is CCOc1cc(C(=O)NC(CC(C)C)C(=O)O)cc(OCC)c1OCC. The van der Waals surface area contributed by atoms with E-state index >= 15 is 0 Å². The number of rotatable bonds is 11. The van der Waals surface area contributed by atoms with Crippen molar-refractivity contribution in [2.75, 3.05) is 19.8 Å². The molecule has 1 aromatic rings. The molecule has 1 rings (SSSR count). The highest BCUT2D eigenvalue weighted by molar-refractivity contribution is 5.97. The molecule has 0 spiro atoms. The predicted molar refractivity (Wildman–Crippen MR) is 98.3 cm³/mol. The Morgan fingerprint density at radius 3 is 1.88 bits per heavy atom. The van der Waals surface area contributed by atoms with E-state index in [2.05, 4.69) is 5.32 Å². The van der Waals surface area contributed by atoms with Crippen LogP contribution < -0.4 is 19.5 Å². The zero-order valence-electron chi connectivity index (χ0n) is 16.1. The van der Waals surface area contributed by atoms with E-state index in [1.165, 1.54) is 0 Å². The molecule has 146 valence electrons. The zero-order chi connectivity index (χ0) is 19.7. The predicted octanol–water partition coefficient (Wildman–Crippen LogP) is 3.11. The highest BCUT2D eigenvalue weighted by Gasteiger charge is 2.24. The monoisotopic (exact) mass is 367 g/mol. The van der Waals surface area contributed by atoms with Crippen LogP contribution in [0.3, 0.4) is 0 Å². The third kappa shape index (κ3) is 6.13. The van der Waals surface area contributed by atoms with Crippen LogP contribution in [-0.4, -0.2) is 42.8 Å². The van der Waals surface area contributed by atoms with Crippen LogP contribution in [0.1, 0.15) is 51.4 Å². The van der Waals surface area contributed by atoms with Crippen molar-refractivity contribution in [3.8, 4) is 17.2 Å². The summed E-state index contributed by atoms with van der Waals surface area (Å²) in [4.78, 5) is 24.0. The van der Waals surface area contributed by atoms with Crippen molar-refractivity contribution in [2.24, 2.45) is 5.92 Å². The van der Waals surface area contributed by atoms with Gasteiger partial charge in [0.15, 0.2) is 11.5 Å². The number of amides is 1. The lowest BCUT2D eigenvalue weighted by atomic mass is 10.0. The van der Waals surface area contributed by atoms with Gasteiger partial charge in [0.2, 0.25) is 5.75 Å². The minimum Gasteiger partial charge on any atom is -0.490 e. The number of benzene rings is 1. The Kier molecular flexibility index (Phi) is 8.75. The number of carbonyl (C=O) groups is 2. The lowest BCUT2D eigenvalue weighted by Crippen LogP contribution is -2.41.